The maximum Gasteiger partial charge on any atom is 0.227 e. The summed E-state index contributed by atoms with van der Waals surface area (Å²) in [5, 5.41) is 10.3. The molecule has 3 rings (SSSR count). The number of carbonyl (C=O) groups excluding carboxylic acids is 1. The summed E-state index contributed by atoms with van der Waals surface area (Å²) in [4.78, 5) is 14.6. The summed E-state index contributed by atoms with van der Waals surface area (Å²) >= 11 is 0. The lowest BCUT2D eigenvalue weighted by Crippen LogP contribution is -2.37. The van der Waals surface area contributed by atoms with Gasteiger partial charge in [0.2, 0.25) is 5.91 Å². The van der Waals surface area contributed by atoms with Crippen LogP contribution in [0.2, 0.25) is 0 Å². The summed E-state index contributed by atoms with van der Waals surface area (Å²) in [6.45, 7) is 2.81. The molecular weight excluding hydrogens is 290 g/mol. The van der Waals surface area contributed by atoms with Gasteiger partial charge < -0.3 is 14.4 Å². The van der Waals surface area contributed by atoms with Crippen molar-refractivity contribution in [1.82, 2.24) is 4.90 Å². The second-order valence-corrected chi connectivity index (χ2v) is 6.25. The van der Waals surface area contributed by atoms with E-state index in [0.29, 0.717) is 18.6 Å². The van der Waals surface area contributed by atoms with Gasteiger partial charge in [0.1, 0.15) is 11.9 Å². The highest BCUT2D eigenvalue weighted by Gasteiger charge is 2.31. The summed E-state index contributed by atoms with van der Waals surface area (Å²) in [6, 6.07) is 11.6. The number of hydrogen-bond donors (Lipinski definition) is 1. The minimum atomic E-state index is -0.651. The molecule has 23 heavy (non-hydrogen) atoms. The molecule has 1 aromatic carbocycles. The molecule has 122 valence electrons. The topological polar surface area (TPSA) is 53.7 Å². The third-order valence-electron chi connectivity index (χ3n) is 4.67. The number of carbonyl (C=O) groups is 1. The third-order valence-corrected chi connectivity index (χ3v) is 4.67. The van der Waals surface area contributed by atoms with Crippen LogP contribution in [-0.2, 0) is 11.2 Å². The molecular formula is C19H23NO3. The van der Waals surface area contributed by atoms with Crippen LogP contribution in [-0.4, -0.2) is 28.5 Å². The van der Waals surface area contributed by atoms with E-state index in [-0.39, 0.29) is 11.9 Å². The zero-order valence-corrected chi connectivity index (χ0v) is 13.4. The molecule has 2 aromatic rings. The van der Waals surface area contributed by atoms with Gasteiger partial charge in [-0.1, -0.05) is 24.3 Å². The summed E-state index contributed by atoms with van der Waals surface area (Å²) in [5.74, 6) is 0.719. The van der Waals surface area contributed by atoms with E-state index in [2.05, 4.69) is 0 Å². The van der Waals surface area contributed by atoms with Gasteiger partial charge >= 0.3 is 0 Å². The molecule has 1 aromatic heterocycles. The molecule has 4 heteroatoms. The highest BCUT2D eigenvalue weighted by Crippen LogP contribution is 2.28. The predicted octanol–water partition coefficient (Wildman–Crippen LogP) is 3.25. The first kappa shape index (κ1) is 15.8. The highest BCUT2D eigenvalue weighted by atomic mass is 16.4. The SMILES string of the molecule is Cc1ccccc1CC(=O)N1CCCC1CC(O)c1ccco1. The van der Waals surface area contributed by atoms with Gasteiger partial charge in [0.15, 0.2) is 0 Å². The average Bonchev–Trinajstić information content (AvgIpc) is 3.20. The Morgan fingerprint density at radius 1 is 1.35 bits per heavy atom. The van der Waals surface area contributed by atoms with Crippen molar-refractivity contribution in [3.63, 3.8) is 0 Å². The van der Waals surface area contributed by atoms with E-state index in [9.17, 15) is 9.90 Å². The molecule has 4 nitrogen and oxygen atoms in total. The number of aliphatic hydroxyl groups excluding tert-OH is 1. The van der Waals surface area contributed by atoms with E-state index in [1.807, 2.05) is 36.1 Å². The van der Waals surface area contributed by atoms with Crippen molar-refractivity contribution in [2.75, 3.05) is 6.54 Å². The summed E-state index contributed by atoms with van der Waals surface area (Å²) in [7, 11) is 0. The largest absolute Gasteiger partial charge is 0.467 e. The average molecular weight is 313 g/mol. The smallest absolute Gasteiger partial charge is 0.227 e. The number of aryl methyl sites for hydroxylation is 1. The van der Waals surface area contributed by atoms with Crippen molar-refractivity contribution in [2.45, 2.75) is 44.8 Å². The first-order valence-corrected chi connectivity index (χ1v) is 8.20. The molecule has 1 amide bonds. The van der Waals surface area contributed by atoms with Crippen LogP contribution in [0.5, 0.6) is 0 Å². The van der Waals surface area contributed by atoms with Crippen LogP contribution in [0.15, 0.2) is 47.1 Å². The number of nitrogens with zero attached hydrogens (tertiary/aromatic N) is 1. The van der Waals surface area contributed by atoms with Crippen molar-refractivity contribution in [3.8, 4) is 0 Å². The van der Waals surface area contributed by atoms with Gasteiger partial charge in [-0.2, -0.15) is 0 Å². The van der Waals surface area contributed by atoms with Crippen LogP contribution in [0.25, 0.3) is 0 Å². The Morgan fingerprint density at radius 2 is 2.17 bits per heavy atom. The fraction of sp³-hybridized carbons (Fsp3) is 0.421. The fourth-order valence-corrected chi connectivity index (χ4v) is 3.34. The lowest BCUT2D eigenvalue weighted by atomic mass is 10.0. The number of aliphatic hydroxyl groups is 1. The minimum Gasteiger partial charge on any atom is -0.467 e. The standard InChI is InChI=1S/C19H23NO3/c1-14-6-2-3-7-15(14)12-19(22)20-10-4-8-16(20)13-17(21)18-9-5-11-23-18/h2-3,5-7,9,11,16-17,21H,4,8,10,12-13H2,1H3. The van der Waals surface area contributed by atoms with E-state index in [0.717, 1.165) is 30.5 Å². The van der Waals surface area contributed by atoms with E-state index in [4.69, 9.17) is 4.42 Å². The maximum absolute atomic E-state index is 12.7. The van der Waals surface area contributed by atoms with Gasteiger partial charge in [-0.05, 0) is 43.0 Å². The number of amides is 1. The highest BCUT2D eigenvalue weighted by molar-refractivity contribution is 5.79. The monoisotopic (exact) mass is 313 g/mol. The van der Waals surface area contributed by atoms with Gasteiger partial charge in [0.25, 0.3) is 0 Å². The van der Waals surface area contributed by atoms with Gasteiger partial charge in [-0.3, -0.25) is 4.79 Å². The minimum absolute atomic E-state index is 0.0895. The first-order chi connectivity index (χ1) is 11.1. The number of benzene rings is 1. The number of likely N-dealkylation sites (tertiary alicyclic amines) is 1. The van der Waals surface area contributed by atoms with Crippen LogP contribution in [0, 0.1) is 6.92 Å². The number of furan rings is 1. The quantitative estimate of drug-likeness (QED) is 0.922. The fourth-order valence-electron chi connectivity index (χ4n) is 3.34. The molecule has 1 aliphatic rings. The van der Waals surface area contributed by atoms with Crippen LogP contribution in [0.1, 0.15) is 42.3 Å². The number of rotatable bonds is 5. The van der Waals surface area contributed by atoms with Crippen LogP contribution >= 0.6 is 0 Å². The molecule has 0 radical (unpaired) electrons. The molecule has 1 fully saturated rings. The molecule has 1 saturated heterocycles. The van der Waals surface area contributed by atoms with Crippen LogP contribution < -0.4 is 0 Å². The Labute approximate surface area is 136 Å². The van der Waals surface area contributed by atoms with Crippen molar-refractivity contribution >= 4 is 5.91 Å². The molecule has 1 N–H and O–H groups in total. The second kappa shape index (κ2) is 7.01. The lowest BCUT2D eigenvalue weighted by molar-refractivity contribution is -0.131. The van der Waals surface area contributed by atoms with Crippen molar-refractivity contribution in [1.29, 1.82) is 0 Å². The van der Waals surface area contributed by atoms with Gasteiger partial charge in [-0.25, -0.2) is 0 Å². The van der Waals surface area contributed by atoms with E-state index < -0.39 is 6.10 Å². The normalized spacial score (nSPS) is 19.0. The zero-order valence-electron chi connectivity index (χ0n) is 13.4. The molecule has 0 aliphatic carbocycles. The summed E-state index contributed by atoms with van der Waals surface area (Å²) < 4.78 is 5.26. The zero-order chi connectivity index (χ0) is 16.2. The molecule has 0 spiro atoms. The Kier molecular flexibility index (Phi) is 4.82. The predicted molar refractivity (Wildman–Crippen MR) is 87.9 cm³/mol. The van der Waals surface area contributed by atoms with Crippen molar-refractivity contribution in [3.05, 3.63) is 59.5 Å². The molecule has 2 atom stereocenters. The van der Waals surface area contributed by atoms with Crippen molar-refractivity contribution in [2.24, 2.45) is 0 Å². The van der Waals surface area contributed by atoms with E-state index in [1.54, 1.807) is 18.4 Å². The number of hydrogen-bond acceptors (Lipinski definition) is 3. The second-order valence-electron chi connectivity index (χ2n) is 6.25. The van der Waals surface area contributed by atoms with Gasteiger partial charge in [0, 0.05) is 19.0 Å². The van der Waals surface area contributed by atoms with Crippen molar-refractivity contribution < 1.29 is 14.3 Å². The van der Waals surface area contributed by atoms with Crippen LogP contribution in [0.4, 0.5) is 0 Å². The van der Waals surface area contributed by atoms with E-state index >= 15 is 0 Å². The molecule has 1 aliphatic heterocycles. The maximum atomic E-state index is 12.7. The van der Waals surface area contributed by atoms with E-state index in [1.165, 1.54) is 0 Å². The summed E-state index contributed by atoms with van der Waals surface area (Å²) in [6.07, 6.45) is 3.81. The Hall–Kier alpha value is -2.07. The third kappa shape index (κ3) is 3.64. The van der Waals surface area contributed by atoms with Gasteiger partial charge in [0.05, 0.1) is 12.7 Å². The Balaban J connectivity index is 1.64. The lowest BCUT2D eigenvalue weighted by Gasteiger charge is -2.26. The molecule has 2 heterocycles. The molecule has 0 saturated carbocycles. The van der Waals surface area contributed by atoms with Gasteiger partial charge in [-0.15, -0.1) is 0 Å². The molecule has 0 bridgehead atoms. The Bertz CT molecular complexity index is 650. The first-order valence-electron chi connectivity index (χ1n) is 8.20. The Morgan fingerprint density at radius 3 is 2.91 bits per heavy atom. The molecule has 2 unspecified atom stereocenters. The van der Waals surface area contributed by atoms with Crippen LogP contribution in [0.3, 0.4) is 0 Å². The summed E-state index contributed by atoms with van der Waals surface area (Å²) in [5.41, 5.74) is 2.22.